The van der Waals surface area contributed by atoms with E-state index in [-0.39, 0.29) is 0 Å². The lowest BCUT2D eigenvalue weighted by Crippen LogP contribution is -2.01. The predicted molar refractivity (Wildman–Crippen MR) is 82.5 cm³/mol. The van der Waals surface area contributed by atoms with Crippen LogP contribution >= 0.6 is 0 Å². The maximum absolute atomic E-state index is 3.54. The zero-order valence-corrected chi connectivity index (χ0v) is 11.1. The minimum Gasteiger partial charge on any atom is -0.380 e. The highest BCUT2D eigenvalue weighted by Gasteiger charge is 2.01. The Bertz CT molecular complexity index is 695. The van der Waals surface area contributed by atoms with E-state index in [9.17, 15) is 0 Å². The van der Waals surface area contributed by atoms with Crippen LogP contribution in [0.2, 0.25) is 0 Å². The third-order valence-electron chi connectivity index (χ3n) is 3.52. The van der Waals surface area contributed by atoms with Crippen molar-refractivity contribution >= 4 is 16.5 Å². The molecule has 0 saturated heterocycles. The molecule has 0 aliphatic heterocycles. The molecule has 0 fully saturated rings. The number of hydrogen-bond donors (Lipinski definition) is 1. The fourth-order valence-electron chi connectivity index (χ4n) is 2.38. The largest absolute Gasteiger partial charge is 0.380 e. The minimum atomic E-state index is 0.862. The molecule has 0 aliphatic rings. The standard InChI is InChI=1S/C18H17N/c1-14-7-2-3-9-16(14)13-19-18-12-6-10-15-8-4-5-11-17(15)18/h2-12,19H,13H2,1H3. The molecule has 0 atom stereocenters. The van der Waals surface area contributed by atoms with Gasteiger partial charge >= 0.3 is 0 Å². The van der Waals surface area contributed by atoms with Crippen LogP contribution in [0.4, 0.5) is 5.69 Å². The van der Waals surface area contributed by atoms with Gasteiger partial charge in [0.2, 0.25) is 0 Å². The van der Waals surface area contributed by atoms with E-state index in [1.165, 1.54) is 27.6 Å². The average molecular weight is 247 g/mol. The number of rotatable bonds is 3. The summed E-state index contributed by atoms with van der Waals surface area (Å²) in [7, 11) is 0. The van der Waals surface area contributed by atoms with Gasteiger partial charge in [-0.3, -0.25) is 0 Å². The maximum Gasteiger partial charge on any atom is 0.0422 e. The number of anilines is 1. The Morgan fingerprint density at radius 3 is 2.42 bits per heavy atom. The van der Waals surface area contributed by atoms with E-state index in [0.717, 1.165) is 6.54 Å². The van der Waals surface area contributed by atoms with Crippen molar-refractivity contribution in [2.75, 3.05) is 5.32 Å². The fourth-order valence-corrected chi connectivity index (χ4v) is 2.38. The molecular formula is C18H17N. The topological polar surface area (TPSA) is 12.0 Å². The normalized spacial score (nSPS) is 10.6. The first kappa shape index (κ1) is 11.8. The summed E-state index contributed by atoms with van der Waals surface area (Å²) in [6.45, 7) is 3.01. The summed E-state index contributed by atoms with van der Waals surface area (Å²) in [6.07, 6.45) is 0. The summed E-state index contributed by atoms with van der Waals surface area (Å²) in [6, 6.07) is 23.4. The van der Waals surface area contributed by atoms with Crippen molar-refractivity contribution in [2.45, 2.75) is 13.5 Å². The molecule has 0 aromatic heterocycles. The zero-order valence-electron chi connectivity index (χ0n) is 11.1. The lowest BCUT2D eigenvalue weighted by atomic mass is 10.1. The quantitative estimate of drug-likeness (QED) is 0.703. The van der Waals surface area contributed by atoms with Crippen molar-refractivity contribution < 1.29 is 0 Å². The van der Waals surface area contributed by atoms with Crippen LogP contribution in [-0.2, 0) is 6.54 Å². The zero-order chi connectivity index (χ0) is 13.1. The van der Waals surface area contributed by atoms with Crippen molar-refractivity contribution in [2.24, 2.45) is 0 Å². The third kappa shape index (κ3) is 2.45. The summed E-state index contributed by atoms with van der Waals surface area (Å²) in [5, 5.41) is 6.10. The van der Waals surface area contributed by atoms with Crippen molar-refractivity contribution in [3.05, 3.63) is 77.9 Å². The first-order valence-electron chi connectivity index (χ1n) is 6.61. The average Bonchev–Trinajstić information content (AvgIpc) is 2.46. The molecule has 1 heteroatoms. The van der Waals surface area contributed by atoms with E-state index in [2.05, 4.69) is 79.0 Å². The Morgan fingerprint density at radius 1 is 0.789 bits per heavy atom. The lowest BCUT2D eigenvalue weighted by molar-refractivity contribution is 1.12. The van der Waals surface area contributed by atoms with Gasteiger partial charge in [0, 0.05) is 17.6 Å². The van der Waals surface area contributed by atoms with Gasteiger partial charge in [-0.25, -0.2) is 0 Å². The van der Waals surface area contributed by atoms with Crippen LogP contribution in [0, 0.1) is 6.92 Å². The number of hydrogen-bond acceptors (Lipinski definition) is 1. The van der Waals surface area contributed by atoms with Gasteiger partial charge < -0.3 is 5.32 Å². The van der Waals surface area contributed by atoms with Gasteiger partial charge in [-0.2, -0.15) is 0 Å². The molecule has 19 heavy (non-hydrogen) atoms. The molecule has 0 unspecified atom stereocenters. The first-order valence-corrected chi connectivity index (χ1v) is 6.61. The number of fused-ring (bicyclic) bond motifs is 1. The highest BCUT2D eigenvalue weighted by atomic mass is 14.9. The van der Waals surface area contributed by atoms with E-state index in [1.54, 1.807) is 0 Å². The summed E-state index contributed by atoms with van der Waals surface area (Å²) in [5.74, 6) is 0. The van der Waals surface area contributed by atoms with Gasteiger partial charge in [0.05, 0.1) is 0 Å². The molecule has 0 bridgehead atoms. The molecule has 0 saturated carbocycles. The van der Waals surface area contributed by atoms with E-state index in [4.69, 9.17) is 0 Å². The van der Waals surface area contributed by atoms with Gasteiger partial charge in [0.1, 0.15) is 0 Å². The second kappa shape index (κ2) is 5.15. The lowest BCUT2D eigenvalue weighted by Gasteiger charge is -2.11. The van der Waals surface area contributed by atoms with E-state index in [1.807, 2.05) is 0 Å². The van der Waals surface area contributed by atoms with Crippen molar-refractivity contribution in [3.8, 4) is 0 Å². The van der Waals surface area contributed by atoms with Gasteiger partial charge in [-0.15, -0.1) is 0 Å². The Hall–Kier alpha value is -2.28. The van der Waals surface area contributed by atoms with Crippen molar-refractivity contribution in [1.82, 2.24) is 0 Å². The molecule has 0 amide bonds. The molecule has 0 heterocycles. The summed E-state index contributed by atoms with van der Waals surface area (Å²) in [4.78, 5) is 0. The van der Waals surface area contributed by atoms with Crippen LogP contribution < -0.4 is 5.32 Å². The van der Waals surface area contributed by atoms with Gasteiger partial charge in [-0.05, 0) is 29.5 Å². The second-order valence-corrected chi connectivity index (χ2v) is 4.81. The van der Waals surface area contributed by atoms with E-state index in [0.29, 0.717) is 0 Å². The summed E-state index contributed by atoms with van der Waals surface area (Å²) in [5.41, 5.74) is 3.87. The van der Waals surface area contributed by atoms with Gasteiger partial charge in [0.15, 0.2) is 0 Å². The molecule has 0 aliphatic carbocycles. The predicted octanol–water partition coefficient (Wildman–Crippen LogP) is 4.76. The molecule has 3 aromatic carbocycles. The molecule has 3 rings (SSSR count). The van der Waals surface area contributed by atoms with Crippen LogP contribution in [0.3, 0.4) is 0 Å². The Balaban J connectivity index is 1.88. The van der Waals surface area contributed by atoms with Gasteiger partial charge in [-0.1, -0.05) is 60.7 Å². The van der Waals surface area contributed by atoms with Crippen molar-refractivity contribution in [3.63, 3.8) is 0 Å². The van der Waals surface area contributed by atoms with Crippen LogP contribution in [0.15, 0.2) is 66.7 Å². The van der Waals surface area contributed by atoms with Gasteiger partial charge in [0.25, 0.3) is 0 Å². The van der Waals surface area contributed by atoms with E-state index >= 15 is 0 Å². The number of nitrogens with one attached hydrogen (secondary N) is 1. The van der Waals surface area contributed by atoms with E-state index < -0.39 is 0 Å². The number of aryl methyl sites for hydroxylation is 1. The molecule has 0 spiro atoms. The highest BCUT2D eigenvalue weighted by Crippen LogP contribution is 2.23. The highest BCUT2D eigenvalue weighted by molar-refractivity contribution is 5.93. The van der Waals surface area contributed by atoms with Crippen LogP contribution in [0.25, 0.3) is 10.8 Å². The Morgan fingerprint density at radius 2 is 1.53 bits per heavy atom. The first-order chi connectivity index (χ1) is 9.34. The van der Waals surface area contributed by atoms with Crippen molar-refractivity contribution in [1.29, 1.82) is 0 Å². The second-order valence-electron chi connectivity index (χ2n) is 4.81. The smallest absolute Gasteiger partial charge is 0.0422 e. The Kier molecular flexibility index (Phi) is 3.20. The maximum atomic E-state index is 3.54. The molecule has 1 nitrogen and oxygen atoms in total. The third-order valence-corrected chi connectivity index (χ3v) is 3.52. The molecule has 3 aromatic rings. The minimum absolute atomic E-state index is 0.862. The summed E-state index contributed by atoms with van der Waals surface area (Å²) < 4.78 is 0. The fraction of sp³-hybridized carbons (Fsp3) is 0.111. The number of benzene rings is 3. The Labute approximate surface area is 113 Å². The monoisotopic (exact) mass is 247 g/mol. The van der Waals surface area contributed by atoms with Crippen LogP contribution in [0.5, 0.6) is 0 Å². The molecule has 94 valence electrons. The molecule has 1 N–H and O–H groups in total. The summed E-state index contributed by atoms with van der Waals surface area (Å²) >= 11 is 0. The molecule has 0 radical (unpaired) electrons. The molecular weight excluding hydrogens is 230 g/mol. The van der Waals surface area contributed by atoms with Crippen LogP contribution in [0.1, 0.15) is 11.1 Å². The van der Waals surface area contributed by atoms with Crippen LogP contribution in [-0.4, -0.2) is 0 Å². The SMILES string of the molecule is Cc1ccccc1CNc1cccc2ccccc12.